The zero-order chi connectivity index (χ0) is 18.9. The molecule has 2 N–H and O–H groups in total. The fourth-order valence-corrected chi connectivity index (χ4v) is 2.87. The molecule has 0 saturated carbocycles. The number of hydrogen-bond acceptors (Lipinski definition) is 3. The smallest absolute Gasteiger partial charge is 0.303 e. The van der Waals surface area contributed by atoms with Crippen LogP contribution < -0.4 is 10.1 Å². The highest BCUT2D eigenvalue weighted by molar-refractivity contribution is 5.91. The molecular weight excluding hydrogens is 330 g/mol. The number of aryl methyl sites for hydroxylation is 1. The van der Waals surface area contributed by atoms with Crippen LogP contribution in [0.2, 0.25) is 0 Å². The summed E-state index contributed by atoms with van der Waals surface area (Å²) in [6, 6.07) is 15.1. The first-order valence-corrected chi connectivity index (χ1v) is 8.76. The van der Waals surface area contributed by atoms with Crippen molar-refractivity contribution in [1.82, 2.24) is 0 Å². The van der Waals surface area contributed by atoms with Crippen molar-refractivity contribution in [2.45, 2.75) is 38.5 Å². The van der Waals surface area contributed by atoms with Crippen molar-refractivity contribution < 1.29 is 19.4 Å². The third-order valence-corrected chi connectivity index (χ3v) is 4.35. The van der Waals surface area contributed by atoms with E-state index in [4.69, 9.17) is 9.84 Å². The van der Waals surface area contributed by atoms with Gasteiger partial charge >= 0.3 is 5.97 Å². The molecule has 2 aromatic carbocycles. The van der Waals surface area contributed by atoms with Crippen LogP contribution in [0.15, 0.2) is 48.5 Å². The summed E-state index contributed by atoms with van der Waals surface area (Å²) < 4.78 is 5.17. The summed E-state index contributed by atoms with van der Waals surface area (Å²) in [5, 5.41) is 11.7. The number of carboxylic acid groups (broad SMARTS) is 1. The lowest BCUT2D eigenvalue weighted by molar-refractivity contribution is -0.137. The first-order chi connectivity index (χ1) is 12.5. The van der Waals surface area contributed by atoms with Gasteiger partial charge in [0.05, 0.1) is 7.11 Å². The zero-order valence-corrected chi connectivity index (χ0v) is 15.2. The molecule has 0 saturated heterocycles. The molecule has 1 unspecified atom stereocenters. The Morgan fingerprint density at radius 2 is 1.88 bits per heavy atom. The molecule has 0 spiro atoms. The maximum Gasteiger partial charge on any atom is 0.303 e. The van der Waals surface area contributed by atoms with Gasteiger partial charge in [0.15, 0.2) is 0 Å². The molecule has 26 heavy (non-hydrogen) atoms. The molecule has 0 aliphatic heterocycles. The van der Waals surface area contributed by atoms with E-state index >= 15 is 0 Å². The molecule has 5 nitrogen and oxygen atoms in total. The van der Waals surface area contributed by atoms with Crippen molar-refractivity contribution in [3.05, 3.63) is 59.7 Å². The van der Waals surface area contributed by atoms with Crippen molar-refractivity contribution in [2.24, 2.45) is 0 Å². The summed E-state index contributed by atoms with van der Waals surface area (Å²) in [4.78, 5) is 23.1. The Morgan fingerprint density at radius 3 is 2.50 bits per heavy atom. The Kier molecular flexibility index (Phi) is 7.21. The number of hydrogen-bond donors (Lipinski definition) is 2. The number of benzene rings is 2. The highest BCUT2D eigenvalue weighted by Crippen LogP contribution is 2.26. The average Bonchev–Trinajstić information content (AvgIpc) is 2.65. The van der Waals surface area contributed by atoms with Crippen LogP contribution in [0.3, 0.4) is 0 Å². The zero-order valence-electron chi connectivity index (χ0n) is 15.2. The molecule has 2 aromatic rings. The summed E-state index contributed by atoms with van der Waals surface area (Å²) in [5.74, 6) is 0.0510. The van der Waals surface area contributed by atoms with Gasteiger partial charge < -0.3 is 15.2 Å². The fraction of sp³-hybridized carbons (Fsp3) is 0.333. The molecule has 2 rings (SSSR count). The van der Waals surface area contributed by atoms with E-state index in [0.29, 0.717) is 18.5 Å². The molecule has 1 atom stereocenters. The van der Waals surface area contributed by atoms with E-state index in [1.54, 1.807) is 7.11 Å². The van der Waals surface area contributed by atoms with Crippen molar-refractivity contribution in [3.8, 4) is 5.75 Å². The van der Waals surface area contributed by atoms with Crippen molar-refractivity contribution >= 4 is 17.6 Å². The van der Waals surface area contributed by atoms with Gasteiger partial charge in [0, 0.05) is 18.5 Å². The van der Waals surface area contributed by atoms with Crippen LogP contribution in [0, 0.1) is 0 Å². The number of anilines is 1. The van der Waals surface area contributed by atoms with Crippen LogP contribution in [0.4, 0.5) is 5.69 Å². The second-order valence-corrected chi connectivity index (χ2v) is 6.22. The Labute approximate surface area is 154 Å². The molecule has 0 aliphatic rings. The number of amides is 1. The molecule has 0 radical (unpaired) electrons. The average molecular weight is 355 g/mol. The molecule has 0 heterocycles. The summed E-state index contributed by atoms with van der Waals surface area (Å²) >= 11 is 0. The first kappa shape index (κ1) is 19.5. The minimum absolute atomic E-state index is 0.0527. The highest BCUT2D eigenvalue weighted by Gasteiger charge is 2.15. The standard InChI is InChI=1S/C21H25NO4/c1-3-16(17-8-10-19(26-2)11-9-17)14-20(23)22-18-6-4-5-15(13-18)7-12-21(24)25/h4-6,8-11,13,16H,3,7,12,14H2,1-2H3,(H,22,23)(H,24,25). The van der Waals surface area contributed by atoms with Crippen LogP contribution in [0.1, 0.15) is 43.2 Å². The number of carbonyl (C=O) groups excluding carboxylic acids is 1. The first-order valence-electron chi connectivity index (χ1n) is 8.76. The minimum Gasteiger partial charge on any atom is -0.497 e. The lowest BCUT2D eigenvalue weighted by atomic mass is 9.93. The van der Waals surface area contributed by atoms with E-state index in [9.17, 15) is 9.59 Å². The number of methoxy groups -OCH3 is 1. The Hall–Kier alpha value is -2.82. The highest BCUT2D eigenvalue weighted by atomic mass is 16.5. The largest absolute Gasteiger partial charge is 0.497 e. The Bertz CT molecular complexity index is 740. The minimum atomic E-state index is -0.829. The van der Waals surface area contributed by atoms with Crippen LogP contribution in [-0.2, 0) is 16.0 Å². The second kappa shape index (κ2) is 9.61. The van der Waals surface area contributed by atoms with Crippen LogP contribution in [-0.4, -0.2) is 24.1 Å². The Balaban J connectivity index is 1.97. The van der Waals surface area contributed by atoms with Crippen LogP contribution in [0.25, 0.3) is 0 Å². The molecule has 0 fully saturated rings. The van der Waals surface area contributed by atoms with E-state index in [0.717, 1.165) is 23.3 Å². The molecule has 0 aliphatic carbocycles. The molecule has 5 heteroatoms. The number of carbonyl (C=O) groups is 2. The fourth-order valence-electron chi connectivity index (χ4n) is 2.87. The molecule has 0 bridgehead atoms. The molecule has 1 amide bonds. The summed E-state index contributed by atoms with van der Waals surface area (Å²) in [7, 11) is 1.63. The third-order valence-electron chi connectivity index (χ3n) is 4.35. The molecular formula is C21H25NO4. The van der Waals surface area contributed by atoms with E-state index in [-0.39, 0.29) is 18.2 Å². The summed E-state index contributed by atoms with van der Waals surface area (Å²) in [5.41, 5.74) is 2.70. The van der Waals surface area contributed by atoms with Crippen molar-refractivity contribution in [2.75, 3.05) is 12.4 Å². The van der Waals surface area contributed by atoms with Crippen LogP contribution in [0.5, 0.6) is 5.75 Å². The maximum atomic E-state index is 12.4. The van der Waals surface area contributed by atoms with Gasteiger partial charge in [-0.05, 0) is 54.2 Å². The number of aliphatic carboxylic acids is 1. The van der Waals surface area contributed by atoms with Gasteiger partial charge in [-0.2, -0.15) is 0 Å². The number of carboxylic acids is 1. The van der Waals surface area contributed by atoms with Gasteiger partial charge in [-0.1, -0.05) is 31.2 Å². The van der Waals surface area contributed by atoms with Gasteiger partial charge in [-0.25, -0.2) is 0 Å². The number of rotatable bonds is 9. The third kappa shape index (κ3) is 5.92. The Morgan fingerprint density at radius 1 is 1.15 bits per heavy atom. The lowest BCUT2D eigenvalue weighted by Crippen LogP contribution is -2.15. The number of ether oxygens (including phenoxy) is 1. The lowest BCUT2D eigenvalue weighted by Gasteiger charge is -2.16. The second-order valence-electron chi connectivity index (χ2n) is 6.22. The monoisotopic (exact) mass is 355 g/mol. The normalized spacial score (nSPS) is 11.6. The molecule has 138 valence electrons. The van der Waals surface area contributed by atoms with Crippen LogP contribution >= 0.6 is 0 Å². The van der Waals surface area contributed by atoms with E-state index in [1.165, 1.54) is 0 Å². The SMILES string of the molecule is CCC(CC(=O)Nc1cccc(CCC(=O)O)c1)c1ccc(OC)cc1. The topological polar surface area (TPSA) is 75.6 Å². The van der Waals surface area contributed by atoms with Gasteiger partial charge in [0.25, 0.3) is 0 Å². The summed E-state index contributed by atoms with van der Waals surface area (Å²) in [6.45, 7) is 2.06. The predicted octanol–water partition coefficient (Wildman–Crippen LogP) is 4.23. The summed E-state index contributed by atoms with van der Waals surface area (Å²) in [6.07, 6.45) is 1.77. The van der Waals surface area contributed by atoms with Gasteiger partial charge in [-0.15, -0.1) is 0 Å². The predicted molar refractivity (Wildman–Crippen MR) is 102 cm³/mol. The quantitative estimate of drug-likeness (QED) is 0.706. The van der Waals surface area contributed by atoms with Gasteiger partial charge in [0.1, 0.15) is 5.75 Å². The maximum absolute atomic E-state index is 12.4. The van der Waals surface area contributed by atoms with E-state index in [1.807, 2.05) is 48.5 Å². The van der Waals surface area contributed by atoms with Crippen molar-refractivity contribution in [1.29, 1.82) is 0 Å². The van der Waals surface area contributed by atoms with Gasteiger partial charge in [0.2, 0.25) is 5.91 Å². The number of nitrogens with one attached hydrogen (secondary N) is 1. The van der Waals surface area contributed by atoms with E-state index < -0.39 is 5.97 Å². The molecule has 0 aromatic heterocycles. The van der Waals surface area contributed by atoms with Gasteiger partial charge in [-0.3, -0.25) is 9.59 Å². The van der Waals surface area contributed by atoms with E-state index in [2.05, 4.69) is 12.2 Å². The van der Waals surface area contributed by atoms with Crippen molar-refractivity contribution in [3.63, 3.8) is 0 Å².